The standard InChI is InChI=1S/C20H28O6/c21-13-15-16(24-19(23-15)7-9-1-3-11(19)5-9)14(22)18-17(13)25-20(26-18)8-10-2-4-12(20)6-10/h9-18,21-22H,1-8H2/t9?,10?,11?,12?,13?,14?,15-,16-,17-,18+,19?,20?/m0/s1. The van der Waals surface area contributed by atoms with Gasteiger partial charge in [-0.25, -0.2) is 0 Å². The lowest BCUT2D eigenvalue weighted by Gasteiger charge is -2.38. The van der Waals surface area contributed by atoms with E-state index in [4.69, 9.17) is 18.9 Å². The molecular weight excluding hydrogens is 336 g/mol. The van der Waals surface area contributed by atoms with Crippen LogP contribution in [0, 0.1) is 23.7 Å². The summed E-state index contributed by atoms with van der Waals surface area (Å²) in [6.07, 6.45) is 5.21. The van der Waals surface area contributed by atoms with Gasteiger partial charge in [0.05, 0.1) is 0 Å². The van der Waals surface area contributed by atoms with E-state index in [2.05, 4.69) is 0 Å². The molecule has 8 unspecified atom stereocenters. The Morgan fingerprint density at radius 2 is 0.962 bits per heavy atom. The molecule has 2 spiro atoms. The van der Waals surface area contributed by atoms with Crippen LogP contribution in [0.15, 0.2) is 0 Å². The number of fused-ring (bicyclic) bond motifs is 8. The Labute approximate surface area is 153 Å². The first-order valence-electron chi connectivity index (χ1n) is 10.6. The van der Waals surface area contributed by atoms with Crippen molar-refractivity contribution < 1.29 is 29.2 Å². The molecule has 6 heteroatoms. The van der Waals surface area contributed by atoms with Gasteiger partial charge in [0.1, 0.15) is 36.6 Å². The Hall–Kier alpha value is -0.240. The Morgan fingerprint density at radius 1 is 0.577 bits per heavy atom. The molecule has 5 saturated carbocycles. The molecule has 4 bridgehead atoms. The van der Waals surface area contributed by atoms with Crippen LogP contribution in [0.5, 0.6) is 0 Å². The highest BCUT2D eigenvalue weighted by molar-refractivity contribution is 5.13. The third kappa shape index (κ3) is 1.75. The van der Waals surface area contributed by atoms with Gasteiger partial charge in [-0.3, -0.25) is 0 Å². The molecule has 0 amide bonds. The molecule has 2 heterocycles. The second kappa shape index (κ2) is 4.84. The molecule has 7 fully saturated rings. The van der Waals surface area contributed by atoms with Crippen molar-refractivity contribution in [1.29, 1.82) is 0 Å². The molecular formula is C20H28O6. The van der Waals surface area contributed by atoms with Crippen molar-refractivity contribution in [2.75, 3.05) is 0 Å². The summed E-state index contributed by atoms with van der Waals surface area (Å²) in [5.41, 5.74) is 0. The maximum atomic E-state index is 11.1. The lowest BCUT2D eigenvalue weighted by Crippen LogP contribution is -2.61. The Morgan fingerprint density at radius 3 is 1.23 bits per heavy atom. The molecule has 5 aliphatic carbocycles. The van der Waals surface area contributed by atoms with E-state index >= 15 is 0 Å². The number of hydrogen-bond acceptors (Lipinski definition) is 6. The Bertz CT molecular complexity index is 560. The van der Waals surface area contributed by atoms with Crippen LogP contribution in [-0.2, 0) is 18.9 Å². The number of aliphatic hydroxyl groups excluding tert-OH is 2. The maximum Gasteiger partial charge on any atom is 0.172 e. The summed E-state index contributed by atoms with van der Waals surface area (Å²) < 4.78 is 25.5. The number of aliphatic hydroxyl groups is 2. The van der Waals surface area contributed by atoms with Crippen LogP contribution in [-0.4, -0.2) is 58.4 Å². The molecule has 2 aliphatic heterocycles. The number of ether oxygens (including phenoxy) is 4. The van der Waals surface area contributed by atoms with Crippen molar-refractivity contribution in [2.24, 2.45) is 23.7 Å². The zero-order valence-corrected chi connectivity index (χ0v) is 15.0. The third-order valence-corrected chi connectivity index (χ3v) is 8.81. The predicted molar refractivity (Wildman–Crippen MR) is 87.9 cm³/mol. The minimum absolute atomic E-state index is 0.399. The van der Waals surface area contributed by atoms with Crippen LogP contribution < -0.4 is 0 Å². The van der Waals surface area contributed by atoms with Crippen molar-refractivity contribution in [1.82, 2.24) is 0 Å². The molecule has 12 atom stereocenters. The van der Waals surface area contributed by atoms with E-state index in [9.17, 15) is 10.2 Å². The monoisotopic (exact) mass is 364 g/mol. The molecule has 0 radical (unpaired) electrons. The van der Waals surface area contributed by atoms with Crippen molar-refractivity contribution in [2.45, 2.75) is 99.6 Å². The van der Waals surface area contributed by atoms with E-state index in [0.29, 0.717) is 23.7 Å². The highest BCUT2D eigenvalue weighted by Gasteiger charge is 2.70. The summed E-state index contributed by atoms with van der Waals surface area (Å²) in [4.78, 5) is 0. The third-order valence-electron chi connectivity index (χ3n) is 8.81. The van der Waals surface area contributed by atoms with Gasteiger partial charge in [-0.1, -0.05) is 0 Å². The van der Waals surface area contributed by atoms with Crippen LogP contribution in [0.4, 0.5) is 0 Å². The topological polar surface area (TPSA) is 77.4 Å². The predicted octanol–water partition coefficient (Wildman–Crippen LogP) is 1.32. The molecule has 144 valence electrons. The second-order valence-corrected chi connectivity index (χ2v) is 10.1. The highest BCUT2D eigenvalue weighted by Crippen LogP contribution is 2.61. The maximum absolute atomic E-state index is 11.1. The molecule has 0 aromatic rings. The number of hydrogen-bond donors (Lipinski definition) is 2. The van der Waals surface area contributed by atoms with Crippen LogP contribution in [0.1, 0.15) is 51.4 Å². The van der Waals surface area contributed by atoms with Crippen molar-refractivity contribution in [3.05, 3.63) is 0 Å². The Balaban J connectivity index is 1.18. The molecule has 2 saturated heterocycles. The summed E-state index contributed by atoms with van der Waals surface area (Å²) in [6.45, 7) is 0. The Kier molecular flexibility index (Phi) is 2.91. The SMILES string of the molecule is OC1[C@H]2OC3(CC4CCC3C4)O[C@H]2C(O)[C@@H]2OC3(CC4CCC3C4)O[C@@H]12. The van der Waals surface area contributed by atoms with Crippen LogP contribution >= 0.6 is 0 Å². The van der Waals surface area contributed by atoms with Gasteiger partial charge in [-0.15, -0.1) is 0 Å². The lowest BCUT2D eigenvalue weighted by molar-refractivity contribution is -0.235. The van der Waals surface area contributed by atoms with E-state index in [1.54, 1.807) is 0 Å². The van der Waals surface area contributed by atoms with E-state index in [1.807, 2.05) is 0 Å². The van der Waals surface area contributed by atoms with E-state index in [0.717, 1.165) is 38.5 Å². The van der Waals surface area contributed by atoms with E-state index < -0.39 is 48.2 Å². The summed E-state index contributed by atoms with van der Waals surface area (Å²) in [7, 11) is 0. The van der Waals surface area contributed by atoms with E-state index in [-0.39, 0.29) is 0 Å². The molecule has 26 heavy (non-hydrogen) atoms. The summed E-state index contributed by atoms with van der Waals surface area (Å²) in [5, 5.41) is 22.1. The summed E-state index contributed by atoms with van der Waals surface area (Å²) >= 11 is 0. The number of rotatable bonds is 0. The zero-order valence-electron chi connectivity index (χ0n) is 15.0. The molecule has 2 N–H and O–H groups in total. The normalized spacial score (nSPS) is 67.6. The quantitative estimate of drug-likeness (QED) is 0.675. The minimum atomic E-state index is -0.801. The van der Waals surface area contributed by atoms with Crippen molar-refractivity contribution in [3.63, 3.8) is 0 Å². The average molecular weight is 364 g/mol. The average Bonchev–Trinajstić information content (AvgIpc) is 3.43. The minimum Gasteiger partial charge on any atom is -0.387 e. The second-order valence-electron chi connectivity index (χ2n) is 10.1. The smallest absolute Gasteiger partial charge is 0.172 e. The van der Waals surface area contributed by atoms with Gasteiger partial charge in [0.2, 0.25) is 0 Å². The largest absolute Gasteiger partial charge is 0.387 e. The van der Waals surface area contributed by atoms with Gasteiger partial charge in [-0.05, 0) is 50.4 Å². The summed E-state index contributed by atoms with van der Waals surface area (Å²) in [5.74, 6) is 0.941. The first kappa shape index (κ1) is 15.7. The fourth-order valence-corrected chi connectivity index (χ4v) is 7.71. The van der Waals surface area contributed by atoms with E-state index in [1.165, 1.54) is 12.8 Å². The van der Waals surface area contributed by atoms with Crippen molar-refractivity contribution >= 4 is 0 Å². The van der Waals surface area contributed by atoms with Gasteiger partial charge in [0, 0.05) is 24.7 Å². The molecule has 7 aliphatic rings. The van der Waals surface area contributed by atoms with Crippen LogP contribution in [0.25, 0.3) is 0 Å². The fraction of sp³-hybridized carbons (Fsp3) is 1.00. The first-order chi connectivity index (χ1) is 12.6. The van der Waals surface area contributed by atoms with Crippen molar-refractivity contribution in [3.8, 4) is 0 Å². The van der Waals surface area contributed by atoms with Crippen LogP contribution in [0.2, 0.25) is 0 Å². The zero-order chi connectivity index (χ0) is 17.3. The molecule has 0 aromatic heterocycles. The molecule has 7 rings (SSSR count). The van der Waals surface area contributed by atoms with Gasteiger partial charge in [-0.2, -0.15) is 0 Å². The highest BCUT2D eigenvalue weighted by atomic mass is 16.8. The van der Waals surface area contributed by atoms with Crippen LogP contribution in [0.3, 0.4) is 0 Å². The summed E-state index contributed by atoms with van der Waals surface area (Å²) in [6, 6.07) is 0. The van der Waals surface area contributed by atoms with Gasteiger partial charge >= 0.3 is 0 Å². The lowest BCUT2D eigenvalue weighted by atomic mass is 9.85. The fourth-order valence-electron chi connectivity index (χ4n) is 7.71. The molecule has 6 nitrogen and oxygen atoms in total. The van der Waals surface area contributed by atoms with Gasteiger partial charge in [0.25, 0.3) is 0 Å². The first-order valence-corrected chi connectivity index (χ1v) is 10.6. The van der Waals surface area contributed by atoms with Gasteiger partial charge in [0.15, 0.2) is 11.6 Å². The molecule has 0 aromatic carbocycles. The van der Waals surface area contributed by atoms with Gasteiger partial charge < -0.3 is 29.2 Å².